The molecular formula is C48H92N2O4. The second-order valence-corrected chi connectivity index (χ2v) is 16.9. The lowest BCUT2D eigenvalue weighted by atomic mass is 10.0. The lowest BCUT2D eigenvalue weighted by molar-refractivity contribution is -0.144. The molecule has 0 unspecified atom stereocenters. The van der Waals surface area contributed by atoms with Crippen LogP contribution in [0.2, 0.25) is 0 Å². The van der Waals surface area contributed by atoms with Gasteiger partial charge in [0.05, 0.1) is 19.0 Å². The lowest BCUT2D eigenvalue weighted by Gasteiger charge is -2.20. The molecule has 318 valence electrons. The number of esters is 1. The fourth-order valence-electron chi connectivity index (χ4n) is 8.05. The van der Waals surface area contributed by atoms with Crippen molar-refractivity contribution >= 4 is 17.8 Å². The van der Waals surface area contributed by atoms with Crippen molar-refractivity contribution in [1.29, 1.82) is 0 Å². The Hall–Kier alpha value is -1.59. The number of hydrogen-bond acceptors (Lipinski definition) is 5. The Bertz CT molecular complexity index is 847. The van der Waals surface area contributed by atoms with Crippen molar-refractivity contribution in [3.05, 3.63) is 0 Å². The van der Waals surface area contributed by atoms with E-state index in [0.29, 0.717) is 19.4 Å². The summed E-state index contributed by atoms with van der Waals surface area (Å²) in [6.45, 7) is 6.26. The number of amidine groups is 1. The quantitative estimate of drug-likeness (QED) is 0.0494. The van der Waals surface area contributed by atoms with E-state index in [1.54, 1.807) is 0 Å². The van der Waals surface area contributed by atoms with Crippen LogP contribution in [0.1, 0.15) is 264 Å². The topological polar surface area (TPSA) is 79.2 Å². The molecule has 6 nitrogen and oxygen atoms in total. The number of unbranched alkanes of at least 4 members (excludes halogenated alkanes) is 34. The summed E-state index contributed by atoms with van der Waals surface area (Å²) < 4.78 is 5.42. The second-order valence-electron chi connectivity index (χ2n) is 16.9. The molecule has 0 aromatic heterocycles. The first-order valence-corrected chi connectivity index (χ1v) is 24.3. The monoisotopic (exact) mass is 761 g/mol. The maximum Gasteiger partial charge on any atom is 0.305 e. The van der Waals surface area contributed by atoms with Gasteiger partial charge in [0.1, 0.15) is 0 Å². The molecule has 0 spiro atoms. The van der Waals surface area contributed by atoms with E-state index in [4.69, 9.17) is 14.8 Å². The number of ether oxygens (including phenoxy) is 1. The first-order valence-electron chi connectivity index (χ1n) is 24.3. The zero-order chi connectivity index (χ0) is 38.8. The highest BCUT2D eigenvalue weighted by Crippen LogP contribution is 2.18. The van der Waals surface area contributed by atoms with E-state index in [9.17, 15) is 9.59 Å². The number of nitrogens with zero attached hydrogens (tertiary/aromatic N) is 2. The van der Waals surface area contributed by atoms with Crippen LogP contribution in [0.5, 0.6) is 0 Å². The maximum atomic E-state index is 11.9. The van der Waals surface area contributed by atoms with Gasteiger partial charge in [0.2, 0.25) is 0 Å². The van der Waals surface area contributed by atoms with E-state index >= 15 is 0 Å². The van der Waals surface area contributed by atoms with Gasteiger partial charge in [-0.25, -0.2) is 0 Å². The van der Waals surface area contributed by atoms with Crippen molar-refractivity contribution in [2.45, 2.75) is 264 Å². The molecule has 54 heavy (non-hydrogen) atoms. The molecule has 0 aromatic carbocycles. The predicted octanol–water partition coefficient (Wildman–Crippen LogP) is 15.0. The van der Waals surface area contributed by atoms with Crippen molar-refractivity contribution in [3.8, 4) is 0 Å². The van der Waals surface area contributed by atoms with Gasteiger partial charge < -0.3 is 14.7 Å². The number of aliphatic carboxylic acids is 1. The molecule has 0 atom stereocenters. The van der Waals surface area contributed by atoms with Crippen molar-refractivity contribution in [2.24, 2.45) is 4.99 Å². The van der Waals surface area contributed by atoms with E-state index in [1.807, 2.05) is 0 Å². The van der Waals surface area contributed by atoms with Gasteiger partial charge in [0.25, 0.3) is 0 Å². The minimum Gasteiger partial charge on any atom is -0.481 e. The fourth-order valence-corrected chi connectivity index (χ4v) is 8.05. The van der Waals surface area contributed by atoms with Gasteiger partial charge in [0, 0.05) is 32.4 Å². The first-order chi connectivity index (χ1) is 26.6. The molecule has 0 saturated carbocycles. The SMILES string of the molecule is CCCCCCCCCCOC(=O)CCCCCCCCCCCCCCCCCN1CCN=C1CCCCCCCCCCCCCCCCC(=O)O. The molecule has 1 heterocycles. The van der Waals surface area contributed by atoms with Gasteiger partial charge in [-0.15, -0.1) is 0 Å². The van der Waals surface area contributed by atoms with Crippen LogP contribution in [0.4, 0.5) is 0 Å². The molecule has 0 radical (unpaired) electrons. The average molecular weight is 761 g/mol. The summed E-state index contributed by atoms with van der Waals surface area (Å²) in [5.74, 6) is 0.761. The Morgan fingerprint density at radius 3 is 1.31 bits per heavy atom. The Morgan fingerprint density at radius 1 is 0.500 bits per heavy atom. The maximum absolute atomic E-state index is 11.9. The Balaban J connectivity index is 1.76. The molecule has 1 aliphatic heterocycles. The van der Waals surface area contributed by atoms with Gasteiger partial charge in [-0.05, 0) is 32.1 Å². The van der Waals surface area contributed by atoms with E-state index in [0.717, 1.165) is 38.8 Å². The van der Waals surface area contributed by atoms with Gasteiger partial charge in [-0.1, -0.05) is 212 Å². The summed E-state index contributed by atoms with van der Waals surface area (Å²) in [7, 11) is 0. The largest absolute Gasteiger partial charge is 0.481 e. The van der Waals surface area contributed by atoms with Gasteiger partial charge >= 0.3 is 11.9 Å². The van der Waals surface area contributed by atoms with Crippen LogP contribution in [0, 0.1) is 0 Å². The van der Waals surface area contributed by atoms with Gasteiger partial charge in [-0.3, -0.25) is 14.6 Å². The van der Waals surface area contributed by atoms with E-state index in [2.05, 4.69) is 11.8 Å². The molecular weight excluding hydrogens is 669 g/mol. The number of carboxylic acid groups (broad SMARTS) is 1. The van der Waals surface area contributed by atoms with Crippen molar-refractivity contribution in [2.75, 3.05) is 26.2 Å². The number of rotatable bonds is 44. The molecule has 0 aliphatic carbocycles. The molecule has 0 amide bonds. The van der Waals surface area contributed by atoms with Crippen LogP contribution >= 0.6 is 0 Å². The summed E-state index contributed by atoms with van der Waals surface area (Å²) in [4.78, 5) is 29.9. The number of carbonyl (C=O) groups excluding carboxylic acids is 1. The summed E-state index contributed by atoms with van der Waals surface area (Å²) in [6, 6.07) is 0. The van der Waals surface area contributed by atoms with Gasteiger partial charge in [-0.2, -0.15) is 0 Å². The third-order valence-electron chi connectivity index (χ3n) is 11.6. The molecule has 0 fully saturated rings. The highest BCUT2D eigenvalue weighted by molar-refractivity contribution is 5.83. The molecule has 0 aromatic rings. The highest BCUT2D eigenvalue weighted by Gasteiger charge is 2.15. The Labute approximate surface area is 336 Å². The number of carbonyl (C=O) groups is 2. The minimum atomic E-state index is -0.656. The Morgan fingerprint density at radius 2 is 0.870 bits per heavy atom. The number of hydrogen-bond donors (Lipinski definition) is 1. The summed E-state index contributed by atoms with van der Waals surface area (Å²) >= 11 is 0. The number of aliphatic imine (C=N–C) groups is 1. The zero-order valence-electron chi connectivity index (χ0n) is 36.2. The van der Waals surface area contributed by atoms with E-state index < -0.39 is 5.97 Å². The molecule has 1 N–H and O–H groups in total. The zero-order valence-corrected chi connectivity index (χ0v) is 36.2. The first kappa shape index (κ1) is 50.4. The highest BCUT2D eigenvalue weighted by atomic mass is 16.5. The van der Waals surface area contributed by atoms with E-state index in [-0.39, 0.29) is 5.97 Å². The van der Waals surface area contributed by atoms with Gasteiger partial charge in [0.15, 0.2) is 0 Å². The minimum absolute atomic E-state index is 0.0162. The van der Waals surface area contributed by atoms with Crippen LogP contribution in [0.25, 0.3) is 0 Å². The lowest BCUT2D eigenvalue weighted by Crippen LogP contribution is -2.28. The molecule has 1 aliphatic rings. The molecule has 0 bridgehead atoms. The fraction of sp³-hybridized carbons (Fsp3) is 0.938. The summed E-state index contributed by atoms with van der Waals surface area (Å²) in [6.07, 6.45) is 50.5. The van der Waals surface area contributed by atoms with Crippen molar-refractivity contribution in [3.63, 3.8) is 0 Å². The van der Waals surface area contributed by atoms with Crippen molar-refractivity contribution in [1.82, 2.24) is 4.90 Å². The van der Waals surface area contributed by atoms with Crippen LogP contribution in [0.3, 0.4) is 0 Å². The summed E-state index contributed by atoms with van der Waals surface area (Å²) in [5, 5.41) is 8.68. The third kappa shape index (κ3) is 36.1. The smallest absolute Gasteiger partial charge is 0.305 e. The van der Waals surface area contributed by atoms with E-state index in [1.165, 1.54) is 231 Å². The molecule has 6 heteroatoms. The van der Waals surface area contributed by atoms with Crippen molar-refractivity contribution < 1.29 is 19.4 Å². The Kier molecular flexibility index (Phi) is 38.3. The van der Waals surface area contributed by atoms with Crippen LogP contribution in [0.15, 0.2) is 4.99 Å². The average Bonchev–Trinajstić information content (AvgIpc) is 3.62. The van der Waals surface area contributed by atoms with Crippen LogP contribution in [-0.4, -0.2) is 54.0 Å². The normalized spacial score (nSPS) is 12.8. The predicted molar refractivity (Wildman–Crippen MR) is 233 cm³/mol. The van der Waals surface area contributed by atoms with Crippen LogP contribution < -0.4 is 0 Å². The summed E-state index contributed by atoms with van der Waals surface area (Å²) in [5.41, 5.74) is 0. The standard InChI is InChI=1S/C48H92N2O4/c1-2-3-4-5-6-28-33-38-45-54-48(53)41-36-31-26-22-18-14-8-7-11-15-19-23-27-32-37-43-50-44-42-49-46(50)39-34-29-24-20-16-12-9-10-13-17-21-25-30-35-40-47(51)52/h2-45H2,1H3,(H,51,52). The molecule has 1 rings (SSSR count). The third-order valence-corrected chi connectivity index (χ3v) is 11.6. The van der Waals surface area contributed by atoms with Crippen LogP contribution in [-0.2, 0) is 14.3 Å². The number of carboxylic acids is 1. The molecule has 0 saturated heterocycles. The second kappa shape index (κ2) is 41.1.